The van der Waals surface area contributed by atoms with Crippen molar-refractivity contribution in [3.8, 4) is 17.2 Å². The number of ether oxygens (including phenoxy) is 2. The predicted molar refractivity (Wildman–Crippen MR) is 75.6 cm³/mol. The molecule has 0 saturated heterocycles. The molecule has 0 heterocycles. The van der Waals surface area contributed by atoms with Crippen LogP contribution in [0.2, 0.25) is 0 Å². The smallest absolute Gasteiger partial charge is 0.335 e. The van der Waals surface area contributed by atoms with Gasteiger partial charge >= 0.3 is 5.97 Å². The molecule has 0 atom stereocenters. The van der Waals surface area contributed by atoms with E-state index in [2.05, 4.69) is 6.58 Å². The molecular formula is C16H14O4. The molecule has 0 radical (unpaired) electrons. The van der Waals surface area contributed by atoms with Gasteiger partial charge in [-0.1, -0.05) is 18.7 Å². The van der Waals surface area contributed by atoms with Crippen LogP contribution in [0.3, 0.4) is 0 Å². The van der Waals surface area contributed by atoms with E-state index in [0.717, 1.165) is 5.75 Å². The van der Waals surface area contributed by atoms with E-state index in [1.54, 1.807) is 42.5 Å². The summed E-state index contributed by atoms with van der Waals surface area (Å²) in [5, 5.41) is 8.91. The third-order valence-electron chi connectivity index (χ3n) is 2.51. The highest BCUT2D eigenvalue weighted by Gasteiger charge is 2.04. The Balaban J connectivity index is 2.07. The molecule has 0 aromatic heterocycles. The van der Waals surface area contributed by atoms with Crippen molar-refractivity contribution in [1.29, 1.82) is 0 Å². The Morgan fingerprint density at radius 2 is 1.80 bits per heavy atom. The minimum atomic E-state index is -0.983. The van der Waals surface area contributed by atoms with E-state index in [9.17, 15) is 4.79 Å². The van der Waals surface area contributed by atoms with Crippen LogP contribution in [0.15, 0.2) is 61.2 Å². The fraction of sp³-hybridized carbons (Fsp3) is 0.0625. The van der Waals surface area contributed by atoms with Gasteiger partial charge in [0.15, 0.2) is 0 Å². The Morgan fingerprint density at radius 3 is 2.45 bits per heavy atom. The van der Waals surface area contributed by atoms with Gasteiger partial charge < -0.3 is 14.6 Å². The second-order valence-corrected chi connectivity index (χ2v) is 4.01. The summed E-state index contributed by atoms with van der Waals surface area (Å²) in [6.07, 6.45) is 1.67. The van der Waals surface area contributed by atoms with E-state index < -0.39 is 5.97 Å². The zero-order valence-corrected chi connectivity index (χ0v) is 10.8. The summed E-state index contributed by atoms with van der Waals surface area (Å²) in [4.78, 5) is 10.9. The van der Waals surface area contributed by atoms with Crippen molar-refractivity contribution in [3.63, 3.8) is 0 Å². The van der Waals surface area contributed by atoms with Crippen molar-refractivity contribution in [3.05, 3.63) is 66.7 Å². The fourth-order valence-corrected chi connectivity index (χ4v) is 1.59. The molecule has 20 heavy (non-hydrogen) atoms. The molecule has 4 heteroatoms. The van der Waals surface area contributed by atoms with Crippen LogP contribution in [0.5, 0.6) is 17.2 Å². The average Bonchev–Trinajstić information content (AvgIpc) is 2.47. The van der Waals surface area contributed by atoms with Gasteiger partial charge in [-0.2, -0.15) is 0 Å². The van der Waals surface area contributed by atoms with Gasteiger partial charge in [0.1, 0.15) is 23.9 Å². The molecule has 0 saturated carbocycles. The molecule has 102 valence electrons. The molecule has 0 aliphatic heterocycles. The van der Waals surface area contributed by atoms with Gasteiger partial charge in [-0.25, -0.2) is 4.79 Å². The lowest BCUT2D eigenvalue weighted by molar-refractivity contribution is 0.0696. The second-order valence-electron chi connectivity index (χ2n) is 4.01. The lowest BCUT2D eigenvalue weighted by atomic mass is 10.2. The number of rotatable bonds is 6. The van der Waals surface area contributed by atoms with Crippen LogP contribution in [0, 0.1) is 0 Å². The van der Waals surface area contributed by atoms with Crippen LogP contribution in [0.25, 0.3) is 0 Å². The normalized spacial score (nSPS) is 9.80. The molecule has 2 aromatic rings. The summed E-state index contributed by atoms with van der Waals surface area (Å²) in [5.41, 5.74) is 0.188. The number of carboxylic acid groups (broad SMARTS) is 1. The highest BCUT2D eigenvalue weighted by molar-refractivity contribution is 5.88. The van der Waals surface area contributed by atoms with E-state index in [1.165, 1.54) is 12.1 Å². The number of hydrogen-bond donors (Lipinski definition) is 1. The Bertz CT molecular complexity index is 602. The van der Waals surface area contributed by atoms with Crippen LogP contribution in [0.1, 0.15) is 10.4 Å². The molecule has 0 aliphatic rings. The van der Waals surface area contributed by atoms with Crippen LogP contribution >= 0.6 is 0 Å². The number of hydrogen-bond acceptors (Lipinski definition) is 3. The van der Waals surface area contributed by atoms with Crippen molar-refractivity contribution in [1.82, 2.24) is 0 Å². The van der Waals surface area contributed by atoms with Gasteiger partial charge in [0.05, 0.1) is 5.56 Å². The fourth-order valence-electron chi connectivity index (χ4n) is 1.59. The van der Waals surface area contributed by atoms with E-state index in [-0.39, 0.29) is 5.56 Å². The summed E-state index contributed by atoms with van der Waals surface area (Å²) in [5.74, 6) is 0.823. The largest absolute Gasteiger partial charge is 0.490 e. The lowest BCUT2D eigenvalue weighted by Crippen LogP contribution is -1.96. The molecular weight excluding hydrogens is 256 g/mol. The summed E-state index contributed by atoms with van der Waals surface area (Å²) >= 11 is 0. The van der Waals surface area contributed by atoms with Crippen molar-refractivity contribution in [2.24, 2.45) is 0 Å². The molecule has 0 unspecified atom stereocenters. The third-order valence-corrected chi connectivity index (χ3v) is 2.51. The molecule has 2 aromatic carbocycles. The maximum atomic E-state index is 10.9. The maximum absolute atomic E-state index is 10.9. The Labute approximate surface area is 116 Å². The number of carbonyl (C=O) groups is 1. The van der Waals surface area contributed by atoms with Crippen LogP contribution in [-0.4, -0.2) is 17.7 Å². The van der Waals surface area contributed by atoms with Gasteiger partial charge in [-0.05, 0) is 42.5 Å². The molecule has 0 fully saturated rings. The molecule has 2 rings (SSSR count). The van der Waals surface area contributed by atoms with Gasteiger partial charge in [-0.15, -0.1) is 0 Å². The predicted octanol–water partition coefficient (Wildman–Crippen LogP) is 3.74. The maximum Gasteiger partial charge on any atom is 0.335 e. The summed E-state index contributed by atoms with van der Waals surface area (Å²) in [6, 6.07) is 13.4. The van der Waals surface area contributed by atoms with Gasteiger partial charge in [0.25, 0.3) is 0 Å². The van der Waals surface area contributed by atoms with E-state index >= 15 is 0 Å². The van der Waals surface area contributed by atoms with Gasteiger partial charge in [-0.3, -0.25) is 0 Å². The van der Waals surface area contributed by atoms with Crippen LogP contribution in [-0.2, 0) is 0 Å². The zero-order valence-electron chi connectivity index (χ0n) is 10.8. The minimum absolute atomic E-state index is 0.188. The Morgan fingerprint density at radius 1 is 1.10 bits per heavy atom. The monoisotopic (exact) mass is 270 g/mol. The first-order valence-corrected chi connectivity index (χ1v) is 6.04. The van der Waals surface area contributed by atoms with Crippen LogP contribution < -0.4 is 9.47 Å². The SMILES string of the molecule is C=CCOc1ccc(Oc2cccc(C(=O)O)c2)cc1. The first kappa shape index (κ1) is 13.7. The molecule has 0 bridgehead atoms. The Hall–Kier alpha value is -2.75. The number of aromatic carboxylic acids is 1. The van der Waals surface area contributed by atoms with E-state index in [1.807, 2.05) is 0 Å². The van der Waals surface area contributed by atoms with Crippen molar-refractivity contribution < 1.29 is 19.4 Å². The zero-order chi connectivity index (χ0) is 14.4. The van der Waals surface area contributed by atoms with Gasteiger partial charge in [0.2, 0.25) is 0 Å². The average molecular weight is 270 g/mol. The first-order chi connectivity index (χ1) is 9.69. The molecule has 0 amide bonds. The summed E-state index contributed by atoms with van der Waals surface area (Å²) in [7, 11) is 0. The molecule has 0 spiro atoms. The Kier molecular flexibility index (Phi) is 4.39. The van der Waals surface area contributed by atoms with Gasteiger partial charge in [0, 0.05) is 0 Å². The van der Waals surface area contributed by atoms with Crippen molar-refractivity contribution in [2.75, 3.05) is 6.61 Å². The summed E-state index contributed by atoms with van der Waals surface area (Å²) < 4.78 is 10.9. The lowest BCUT2D eigenvalue weighted by Gasteiger charge is -2.08. The molecule has 1 N–H and O–H groups in total. The third kappa shape index (κ3) is 3.62. The minimum Gasteiger partial charge on any atom is -0.490 e. The van der Waals surface area contributed by atoms with Crippen molar-refractivity contribution in [2.45, 2.75) is 0 Å². The molecule has 4 nitrogen and oxygen atoms in total. The number of benzene rings is 2. The quantitative estimate of drug-likeness (QED) is 0.812. The molecule has 0 aliphatic carbocycles. The van der Waals surface area contributed by atoms with Crippen LogP contribution in [0.4, 0.5) is 0 Å². The highest BCUT2D eigenvalue weighted by atomic mass is 16.5. The standard InChI is InChI=1S/C16H14O4/c1-2-10-19-13-6-8-14(9-7-13)20-15-5-3-4-12(11-15)16(17)18/h2-9,11H,1,10H2,(H,17,18). The summed E-state index contributed by atoms with van der Waals surface area (Å²) in [6.45, 7) is 4.02. The second kappa shape index (κ2) is 6.43. The first-order valence-electron chi connectivity index (χ1n) is 6.04. The number of carboxylic acids is 1. The van der Waals surface area contributed by atoms with E-state index in [0.29, 0.717) is 18.1 Å². The van der Waals surface area contributed by atoms with E-state index in [4.69, 9.17) is 14.6 Å². The van der Waals surface area contributed by atoms with Crippen molar-refractivity contribution >= 4 is 5.97 Å². The topological polar surface area (TPSA) is 55.8 Å². The highest BCUT2D eigenvalue weighted by Crippen LogP contribution is 2.24.